The number of thioether (sulfide) groups is 1. The van der Waals surface area contributed by atoms with Crippen molar-refractivity contribution in [1.29, 1.82) is 0 Å². The lowest BCUT2D eigenvalue weighted by atomic mass is 9.81. The molecule has 1 saturated carbocycles. The van der Waals surface area contributed by atoms with Crippen LogP contribution >= 0.6 is 23.1 Å². The number of nitrogens with zero attached hydrogens (tertiary/aromatic N) is 2. The molecule has 2 atom stereocenters. The van der Waals surface area contributed by atoms with Gasteiger partial charge >= 0.3 is 0 Å². The van der Waals surface area contributed by atoms with E-state index in [9.17, 15) is 9.59 Å². The number of fused-ring (bicyclic) bond motifs is 2. The van der Waals surface area contributed by atoms with Gasteiger partial charge in [0.15, 0.2) is 4.34 Å². The summed E-state index contributed by atoms with van der Waals surface area (Å²) in [6, 6.07) is 13.7. The van der Waals surface area contributed by atoms with Gasteiger partial charge in [0.25, 0.3) is 0 Å². The van der Waals surface area contributed by atoms with Gasteiger partial charge in [0.2, 0.25) is 11.8 Å². The lowest BCUT2D eigenvalue weighted by molar-refractivity contribution is -0.122. The highest BCUT2D eigenvalue weighted by Crippen LogP contribution is 2.41. The standard InChI is InChI=1S/C23H22N2O3S2/c1-28-16-9-6-14(7-10-16)13-29-23-24-19-11-8-15(12-20(19)30-23)25-21(26)17-4-2-3-5-18(17)22(25)27/h6-12,17-18H,2-5,13H2,1H3/t17-,18+. The number of aromatic nitrogens is 1. The molecule has 2 fully saturated rings. The third kappa shape index (κ3) is 3.50. The first-order chi connectivity index (χ1) is 14.6. The first kappa shape index (κ1) is 19.6. The number of rotatable bonds is 5. The quantitative estimate of drug-likeness (QED) is 0.401. The molecule has 2 amide bonds. The highest BCUT2D eigenvalue weighted by Gasteiger charge is 2.48. The molecule has 0 radical (unpaired) electrons. The van der Waals surface area contributed by atoms with E-state index in [1.165, 1.54) is 10.5 Å². The molecule has 2 aromatic carbocycles. The minimum absolute atomic E-state index is 0.0253. The molecule has 30 heavy (non-hydrogen) atoms. The van der Waals surface area contributed by atoms with Crippen LogP contribution in [-0.2, 0) is 15.3 Å². The maximum atomic E-state index is 12.9. The average Bonchev–Trinajstić information content (AvgIpc) is 3.30. The first-order valence-electron chi connectivity index (χ1n) is 10.2. The van der Waals surface area contributed by atoms with Crippen molar-refractivity contribution in [2.45, 2.75) is 35.8 Å². The molecule has 2 aliphatic rings. The van der Waals surface area contributed by atoms with Crippen molar-refractivity contribution in [3.8, 4) is 5.75 Å². The van der Waals surface area contributed by atoms with E-state index in [1.54, 1.807) is 30.2 Å². The number of hydrogen-bond acceptors (Lipinski definition) is 6. The Hall–Kier alpha value is -2.38. The van der Waals surface area contributed by atoms with E-state index in [-0.39, 0.29) is 23.7 Å². The molecular weight excluding hydrogens is 416 g/mol. The van der Waals surface area contributed by atoms with Gasteiger partial charge in [0.05, 0.1) is 34.8 Å². The highest BCUT2D eigenvalue weighted by atomic mass is 32.2. The van der Waals surface area contributed by atoms with Gasteiger partial charge in [-0.05, 0) is 48.7 Å². The first-order valence-corrected chi connectivity index (χ1v) is 12.0. The molecule has 1 aromatic heterocycles. The molecule has 5 nitrogen and oxygen atoms in total. The lowest BCUT2D eigenvalue weighted by Gasteiger charge is -2.19. The molecule has 7 heteroatoms. The number of hydrogen-bond donors (Lipinski definition) is 0. The van der Waals surface area contributed by atoms with Crippen molar-refractivity contribution >= 4 is 50.8 Å². The smallest absolute Gasteiger partial charge is 0.237 e. The van der Waals surface area contributed by atoms with E-state index in [0.29, 0.717) is 5.69 Å². The van der Waals surface area contributed by atoms with E-state index in [0.717, 1.165) is 51.7 Å². The molecule has 5 rings (SSSR count). The Balaban J connectivity index is 1.35. The van der Waals surface area contributed by atoms with E-state index < -0.39 is 0 Å². The van der Waals surface area contributed by atoms with Crippen molar-refractivity contribution in [3.63, 3.8) is 0 Å². The van der Waals surface area contributed by atoms with Gasteiger partial charge in [-0.1, -0.05) is 36.7 Å². The zero-order valence-corrected chi connectivity index (χ0v) is 18.3. The molecule has 0 spiro atoms. The SMILES string of the molecule is COc1ccc(CSc2nc3ccc(N4C(=O)[C@H]5CCCC[C@H]5C4=O)cc3s2)cc1. The summed E-state index contributed by atoms with van der Waals surface area (Å²) >= 11 is 3.29. The second-order valence-corrected chi connectivity index (χ2v) is 10.0. The molecule has 2 heterocycles. The number of anilines is 1. The summed E-state index contributed by atoms with van der Waals surface area (Å²) < 4.78 is 7.18. The molecule has 0 bridgehead atoms. The number of methoxy groups -OCH3 is 1. The van der Waals surface area contributed by atoms with Gasteiger partial charge in [-0.3, -0.25) is 14.5 Å². The van der Waals surface area contributed by atoms with Crippen LogP contribution < -0.4 is 9.64 Å². The van der Waals surface area contributed by atoms with Crippen molar-refractivity contribution in [2.24, 2.45) is 11.8 Å². The second kappa shape index (κ2) is 8.04. The molecule has 1 aliphatic carbocycles. The zero-order chi connectivity index (χ0) is 20.7. The Bertz CT molecular complexity index is 1090. The molecule has 0 N–H and O–H groups in total. The Labute approximate surface area is 183 Å². The average molecular weight is 439 g/mol. The number of ether oxygens (including phenoxy) is 1. The number of carbonyl (C=O) groups excluding carboxylic acids is 2. The third-order valence-electron chi connectivity index (χ3n) is 5.97. The summed E-state index contributed by atoms with van der Waals surface area (Å²) in [5.74, 6) is 1.37. The lowest BCUT2D eigenvalue weighted by Crippen LogP contribution is -2.30. The summed E-state index contributed by atoms with van der Waals surface area (Å²) in [6.07, 6.45) is 3.74. The van der Waals surface area contributed by atoms with Gasteiger partial charge in [-0.15, -0.1) is 11.3 Å². The minimum atomic E-state index is -0.126. The molecule has 1 saturated heterocycles. The summed E-state index contributed by atoms with van der Waals surface area (Å²) in [5.41, 5.74) is 2.79. The summed E-state index contributed by atoms with van der Waals surface area (Å²) in [4.78, 5) is 31.9. The number of amides is 2. The Morgan fingerprint density at radius 1 is 1.07 bits per heavy atom. The van der Waals surface area contributed by atoms with Gasteiger partial charge < -0.3 is 4.74 Å². The van der Waals surface area contributed by atoms with Crippen LogP contribution in [0.15, 0.2) is 46.8 Å². The Morgan fingerprint density at radius 2 is 1.77 bits per heavy atom. The summed E-state index contributed by atoms with van der Waals surface area (Å²) in [5, 5.41) is 0. The van der Waals surface area contributed by atoms with Crippen LogP contribution in [-0.4, -0.2) is 23.9 Å². The maximum absolute atomic E-state index is 12.9. The van der Waals surface area contributed by atoms with E-state index in [2.05, 4.69) is 12.1 Å². The molecule has 154 valence electrons. The van der Waals surface area contributed by atoms with Crippen LogP contribution in [0.2, 0.25) is 0 Å². The van der Waals surface area contributed by atoms with Gasteiger partial charge in [0, 0.05) is 5.75 Å². The number of imide groups is 1. The third-order valence-corrected chi connectivity index (χ3v) is 8.21. The number of carbonyl (C=O) groups is 2. The van der Waals surface area contributed by atoms with Crippen molar-refractivity contribution < 1.29 is 14.3 Å². The largest absolute Gasteiger partial charge is 0.497 e. The molecule has 1 aliphatic heterocycles. The second-order valence-electron chi connectivity index (χ2n) is 7.78. The van der Waals surface area contributed by atoms with Crippen LogP contribution in [0.1, 0.15) is 31.2 Å². The van der Waals surface area contributed by atoms with Gasteiger partial charge in [-0.25, -0.2) is 4.98 Å². The van der Waals surface area contributed by atoms with Gasteiger partial charge in [0.1, 0.15) is 5.75 Å². The molecular formula is C23H22N2O3S2. The maximum Gasteiger partial charge on any atom is 0.237 e. The fourth-order valence-electron chi connectivity index (χ4n) is 4.38. The summed E-state index contributed by atoms with van der Waals surface area (Å²) in [7, 11) is 1.66. The zero-order valence-electron chi connectivity index (χ0n) is 16.7. The predicted molar refractivity (Wildman–Crippen MR) is 120 cm³/mol. The van der Waals surface area contributed by atoms with Crippen LogP contribution in [0.25, 0.3) is 10.2 Å². The van der Waals surface area contributed by atoms with Crippen molar-refractivity contribution in [3.05, 3.63) is 48.0 Å². The molecule has 0 unspecified atom stereocenters. The van der Waals surface area contributed by atoms with E-state index >= 15 is 0 Å². The predicted octanol–water partition coefficient (Wildman–Crippen LogP) is 5.28. The van der Waals surface area contributed by atoms with Crippen molar-refractivity contribution in [1.82, 2.24) is 4.98 Å². The monoisotopic (exact) mass is 438 g/mol. The topological polar surface area (TPSA) is 59.5 Å². The van der Waals surface area contributed by atoms with E-state index in [1.807, 2.05) is 30.3 Å². The minimum Gasteiger partial charge on any atom is -0.497 e. The van der Waals surface area contributed by atoms with Crippen LogP contribution in [0.4, 0.5) is 5.69 Å². The Kier molecular flexibility index (Phi) is 5.25. The Morgan fingerprint density at radius 3 is 2.43 bits per heavy atom. The van der Waals surface area contributed by atoms with E-state index in [4.69, 9.17) is 9.72 Å². The van der Waals surface area contributed by atoms with Crippen LogP contribution in [0, 0.1) is 11.8 Å². The molecule has 3 aromatic rings. The van der Waals surface area contributed by atoms with Gasteiger partial charge in [-0.2, -0.15) is 0 Å². The summed E-state index contributed by atoms with van der Waals surface area (Å²) in [6.45, 7) is 0. The normalized spacial score (nSPS) is 21.3. The number of benzene rings is 2. The van der Waals surface area contributed by atoms with Crippen molar-refractivity contribution in [2.75, 3.05) is 12.0 Å². The fraction of sp³-hybridized carbons (Fsp3) is 0.348. The van der Waals surface area contributed by atoms with Crippen LogP contribution in [0.5, 0.6) is 5.75 Å². The number of thiazole rings is 1. The van der Waals surface area contributed by atoms with Crippen LogP contribution in [0.3, 0.4) is 0 Å². The fourth-order valence-corrected chi connectivity index (χ4v) is 6.43. The highest BCUT2D eigenvalue weighted by molar-refractivity contribution is 8.00.